The highest BCUT2D eigenvalue weighted by molar-refractivity contribution is 6.03. The lowest BCUT2D eigenvalue weighted by Gasteiger charge is -2.27. The van der Waals surface area contributed by atoms with E-state index in [1.165, 1.54) is 6.20 Å². The van der Waals surface area contributed by atoms with Gasteiger partial charge in [0.15, 0.2) is 11.3 Å². The molecule has 5 N–H and O–H groups in total. The molecule has 5 rings (SSSR count). The molecule has 0 bridgehead atoms. The first-order valence-electron chi connectivity index (χ1n) is 11.5. The van der Waals surface area contributed by atoms with Gasteiger partial charge in [0.2, 0.25) is 0 Å². The van der Waals surface area contributed by atoms with E-state index in [2.05, 4.69) is 30.9 Å². The number of methoxy groups -OCH3 is 1. The Hall–Kier alpha value is -4.25. The van der Waals surface area contributed by atoms with Crippen LogP contribution in [0.15, 0.2) is 55.1 Å². The molecule has 1 saturated carbocycles. The van der Waals surface area contributed by atoms with Gasteiger partial charge in [-0.1, -0.05) is 0 Å². The van der Waals surface area contributed by atoms with Gasteiger partial charge in [-0.3, -0.25) is 9.78 Å². The van der Waals surface area contributed by atoms with Gasteiger partial charge in [0, 0.05) is 36.2 Å². The van der Waals surface area contributed by atoms with Gasteiger partial charge in [-0.2, -0.15) is 0 Å². The molecule has 180 valence electrons. The first-order chi connectivity index (χ1) is 17.1. The standard InChI is InChI=1S/C24H27N9O2/c1-35-18-6-7-21(27-13-18)31-19-12-22(29-16-4-2-15(25)3-5-16)32-33-20(14-28-23(19)33)24(34)30-17-8-10-26-11-9-17/h6-16H,2-5,25H2,1H3,(H,27,31)(H,29,32)(H,26,30,34)/t15-,16-. The van der Waals surface area contributed by atoms with Gasteiger partial charge in [0.05, 0.1) is 25.2 Å². The molecule has 0 spiro atoms. The minimum absolute atomic E-state index is 0.249. The van der Waals surface area contributed by atoms with E-state index < -0.39 is 0 Å². The van der Waals surface area contributed by atoms with Gasteiger partial charge in [-0.05, 0) is 49.9 Å². The number of anilines is 4. The molecule has 4 heterocycles. The zero-order chi connectivity index (χ0) is 24.2. The van der Waals surface area contributed by atoms with Crippen molar-refractivity contribution in [3.8, 4) is 5.75 Å². The lowest BCUT2D eigenvalue weighted by molar-refractivity contribution is 0.102. The number of nitrogens with zero attached hydrogens (tertiary/aromatic N) is 5. The summed E-state index contributed by atoms with van der Waals surface area (Å²) in [5.41, 5.74) is 8.17. The Morgan fingerprint density at radius 3 is 2.57 bits per heavy atom. The summed E-state index contributed by atoms with van der Waals surface area (Å²) in [5.74, 6) is 1.57. The van der Waals surface area contributed by atoms with E-state index in [1.807, 2.05) is 18.2 Å². The summed E-state index contributed by atoms with van der Waals surface area (Å²) < 4.78 is 6.74. The normalized spacial score (nSPS) is 17.7. The van der Waals surface area contributed by atoms with E-state index in [1.54, 1.807) is 42.3 Å². The maximum atomic E-state index is 13.1. The Kier molecular flexibility index (Phi) is 6.40. The average molecular weight is 474 g/mol. The third-order valence-corrected chi connectivity index (χ3v) is 6.00. The van der Waals surface area contributed by atoms with Crippen LogP contribution in [0.3, 0.4) is 0 Å². The third-order valence-electron chi connectivity index (χ3n) is 6.00. The molecule has 1 fully saturated rings. The van der Waals surface area contributed by atoms with E-state index in [9.17, 15) is 4.79 Å². The number of carbonyl (C=O) groups excluding carboxylic acids is 1. The quantitative estimate of drug-likeness (QED) is 0.318. The Bertz CT molecular complexity index is 1300. The van der Waals surface area contributed by atoms with Gasteiger partial charge in [0.25, 0.3) is 5.91 Å². The maximum Gasteiger partial charge on any atom is 0.276 e. The summed E-state index contributed by atoms with van der Waals surface area (Å²) in [6.07, 6.45) is 10.2. The van der Waals surface area contributed by atoms with Gasteiger partial charge < -0.3 is 26.4 Å². The van der Waals surface area contributed by atoms with Gasteiger partial charge >= 0.3 is 0 Å². The van der Waals surface area contributed by atoms with Crippen LogP contribution in [-0.2, 0) is 0 Å². The molecule has 4 aromatic rings. The predicted octanol–water partition coefficient (Wildman–Crippen LogP) is 3.21. The van der Waals surface area contributed by atoms with E-state index >= 15 is 0 Å². The number of imidazole rings is 1. The fourth-order valence-corrected chi connectivity index (χ4v) is 4.10. The first-order valence-corrected chi connectivity index (χ1v) is 11.5. The molecule has 35 heavy (non-hydrogen) atoms. The van der Waals surface area contributed by atoms with Gasteiger partial charge in [0.1, 0.15) is 17.4 Å². The van der Waals surface area contributed by atoms with Crippen LogP contribution in [0.4, 0.5) is 23.0 Å². The van der Waals surface area contributed by atoms with Crippen LogP contribution in [0.1, 0.15) is 36.2 Å². The minimum Gasteiger partial charge on any atom is -0.495 e. The fraction of sp³-hybridized carbons (Fsp3) is 0.292. The third kappa shape index (κ3) is 5.14. The van der Waals surface area contributed by atoms with Crippen LogP contribution in [-0.4, -0.2) is 49.7 Å². The molecule has 0 saturated heterocycles. The number of hydrogen-bond donors (Lipinski definition) is 4. The zero-order valence-corrected chi connectivity index (χ0v) is 19.3. The van der Waals surface area contributed by atoms with Crippen LogP contribution in [0.5, 0.6) is 5.75 Å². The van der Waals surface area contributed by atoms with E-state index in [0.717, 1.165) is 25.7 Å². The number of nitrogens with two attached hydrogens (primary N) is 1. The molecule has 1 amide bonds. The molecule has 0 aromatic carbocycles. The molecule has 11 heteroatoms. The first kappa shape index (κ1) is 22.5. The molecule has 0 unspecified atom stereocenters. The number of rotatable bonds is 7. The van der Waals surface area contributed by atoms with E-state index in [-0.39, 0.29) is 18.0 Å². The highest BCUT2D eigenvalue weighted by Crippen LogP contribution is 2.27. The number of aromatic nitrogens is 5. The van der Waals surface area contributed by atoms with Crippen molar-refractivity contribution >= 4 is 34.6 Å². The number of fused-ring (bicyclic) bond motifs is 1. The number of hydrogen-bond acceptors (Lipinski definition) is 9. The summed E-state index contributed by atoms with van der Waals surface area (Å²) in [5, 5.41) is 14.4. The van der Waals surface area contributed by atoms with Crippen LogP contribution in [0.2, 0.25) is 0 Å². The molecule has 0 atom stereocenters. The van der Waals surface area contributed by atoms with Crippen molar-refractivity contribution in [2.24, 2.45) is 5.73 Å². The topological polar surface area (TPSA) is 144 Å². The number of nitrogens with one attached hydrogen (secondary N) is 3. The minimum atomic E-state index is -0.328. The predicted molar refractivity (Wildman–Crippen MR) is 133 cm³/mol. The Labute approximate surface area is 202 Å². The van der Waals surface area contributed by atoms with Crippen LogP contribution >= 0.6 is 0 Å². The number of carbonyl (C=O) groups is 1. The molecule has 1 aliphatic carbocycles. The zero-order valence-electron chi connectivity index (χ0n) is 19.3. The van der Waals surface area contributed by atoms with Crippen LogP contribution in [0, 0.1) is 0 Å². The lowest BCUT2D eigenvalue weighted by Crippen LogP contribution is -2.33. The smallest absolute Gasteiger partial charge is 0.276 e. The lowest BCUT2D eigenvalue weighted by atomic mass is 9.92. The van der Waals surface area contributed by atoms with Gasteiger partial charge in [-0.25, -0.2) is 14.5 Å². The average Bonchev–Trinajstić information content (AvgIpc) is 3.31. The van der Waals surface area contributed by atoms with E-state index in [0.29, 0.717) is 40.1 Å². The van der Waals surface area contributed by atoms with Crippen molar-refractivity contribution in [2.45, 2.75) is 37.8 Å². The summed E-state index contributed by atoms with van der Waals surface area (Å²) >= 11 is 0. The van der Waals surface area contributed by atoms with Crippen LogP contribution < -0.4 is 26.4 Å². The number of ether oxygens (including phenoxy) is 1. The Morgan fingerprint density at radius 1 is 1.06 bits per heavy atom. The van der Waals surface area contributed by atoms with Crippen molar-refractivity contribution in [3.05, 3.63) is 60.8 Å². The van der Waals surface area contributed by atoms with Crippen molar-refractivity contribution < 1.29 is 9.53 Å². The largest absolute Gasteiger partial charge is 0.495 e. The molecule has 11 nitrogen and oxygen atoms in total. The number of amides is 1. The van der Waals surface area contributed by atoms with Crippen molar-refractivity contribution in [3.63, 3.8) is 0 Å². The summed E-state index contributed by atoms with van der Waals surface area (Å²) in [7, 11) is 1.59. The molecule has 0 aliphatic heterocycles. The van der Waals surface area contributed by atoms with Gasteiger partial charge in [-0.15, -0.1) is 5.10 Å². The summed E-state index contributed by atoms with van der Waals surface area (Å²) in [6, 6.07) is 9.45. The van der Waals surface area contributed by atoms with E-state index in [4.69, 9.17) is 15.6 Å². The Morgan fingerprint density at radius 2 is 1.86 bits per heavy atom. The Balaban J connectivity index is 1.48. The van der Waals surface area contributed by atoms with Crippen LogP contribution in [0.25, 0.3) is 5.65 Å². The molecule has 0 radical (unpaired) electrons. The fourth-order valence-electron chi connectivity index (χ4n) is 4.10. The highest BCUT2D eigenvalue weighted by atomic mass is 16.5. The molecule has 1 aliphatic rings. The summed E-state index contributed by atoms with van der Waals surface area (Å²) in [6.45, 7) is 0. The van der Waals surface area contributed by atoms with Crippen molar-refractivity contribution in [1.82, 2.24) is 24.6 Å². The molecule has 4 aromatic heterocycles. The maximum absolute atomic E-state index is 13.1. The van der Waals surface area contributed by atoms with Crippen molar-refractivity contribution in [2.75, 3.05) is 23.1 Å². The second-order valence-electron chi connectivity index (χ2n) is 8.48. The second kappa shape index (κ2) is 9.94. The summed E-state index contributed by atoms with van der Waals surface area (Å²) in [4.78, 5) is 25.9. The second-order valence-corrected chi connectivity index (χ2v) is 8.48. The molecular weight excluding hydrogens is 446 g/mol. The number of pyridine rings is 2. The molecular formula is C24H27N9O2. The monoisotopic (exact) mass is 473 g/mol. The highest BCUT2D eigenvalue weighted by Gasteiger charge is 2.21. The van der Waals surface area contributed by atoms with Crippen molar-refractivity contribution in [1.29, 1.82) is 0 Å². The SMILES string of the molecule is COc1ccc(Nc2cc(N[C@H]3CC[C@H](N)CC3)nn3c(C(=O)Nc4ccncc4)cnc23)nc1.